The van der Waals surface area contributed by atoms with Gasteiger partial charge in [0.1, 0.15) is 0 Å². The predicted octanol–water partition coefficient (Wildman–Crippen LogP) is 6.60. The number of piperidine rings is 1. The summed E-state index contributed by atoms with van der Waals surface area (Å²) in [6, 6.07) is 7.63. The zero-order chi connectivity index (χ0) is 23.3. The Hall–Kier alpha value is -1.41. The van der Waals surface area contributed by atoms with E-state index in [-0.39, 0.29) is 35.0 Å². The normalized spacial score (nSPS) is 15.1. The Bertz CT molecular complexity index is 963. The van der Waals surface area contributed by atoms with Crippen LogP contribution in [0.25, 0.3) is 0 Å². The summed E-state index contributed by atoms with van der Waals surface area (Å²) in [5.74, 6) is 0.358. The molecule has 0 spiro atoms. The van der Waals surface area contributed by atoms with Gasteiger partial charge in [-0.2, -0.15) is 13.2 Å². The topological polar surface area (TPSA) is 41.1 Å². The Kier molecular flexibility index (Phi) is 8.78. The predicted molar refractivity (Wildman–Crippen MR) is 125 cm³/mol. The van der Waals surface area contributed by atoms with Crippen LogP contribution in [0, 0.1) is 5.92 Å². The highest BCUT2D eigenvalue weighted by molar-refractivity contribution is 7.99. The molecule has 2 aromatic carbocycles. The Morgan fingerprint density at radius 2 is 1.91 bits per heavy atom. The van der Waals surface area contributed by atoms with E-state index in [4.69, 9.17) is 23.2 Å². The van der Waals surface area contributed by atoms with Crippen molar-refractivity contribution in [2.45, 2.75) is 43.8 Å². The number of hydrogen-bond acceptors (Lipinski definition) is 3. The summed E-state index contributed by atoms with van der Waals surface area (Å²) in [6.07, 6.45) is -2.75. The Labute approximate surface area is 200 Å². The minimum Gasteiger partial charge on any atom is -0.348 e. The molecule has 3 nitrogen and oxygen atoms in total. The van der Waals surface area contributed by atoms with Crippen LogP contribution in [0.5, 0.6) is 0 Å². The highest BCUT2D eigenvalue weighted by Gasteiger charge is 2.36. The van der Waals surface area contributed by atoms with Crippen LogP contribution < -0.4 is 10.6 Å². The zero-order valence-electron chi connectivity index (χ0n) is 17.6. The molecule has 1 heterocycles. The van der Waals surface area contributed by atoms with Crippen molar-refractivity contribution in [3.8, 4) is 0 Å². The minimum absolute atomic E-state index is 0.0199. The van der Waals surface area contributed by atoms with E-state index in [0.717, 1.165) is 48.2 Å². The third-order valence-corrected chi connectivity index (χ3v) is 7.05. The summed E-state index contributed by atoms with van der Waals surface area (Å²) >= 11 is 14.0. The largest absolute Gasteiger partial charge is 0.416 e. The molecule has 0 atom stereocenters. The minimum atomic E-state index is -4.60. The van der Waals surface area contributed by atoms with Gasteiger partial charge in [-0.3, -0.25) is 4.79 Å². The van der Waals surface area contributed by atoms with Crippen molar-refractivity contribution in [3.05, 3.63) is 62.6 Å². The van der Waals surface area contributed by atoms with Gasteiger partial charge in [-0.05, 0) is 85.5 Å². The Morgan fingerprint density at radius 1 is 1.19 bits per heavy atom. The first-order valence-electron chi connectivity index (χ1n) is 10.5. The highest BCUT2D eigenvalue weighted by atomic mass is 35.5. The van der Waals surface area contributed by atoms with Crippen LogP contribution >= 0.6 is 35.0 Å². The van der Waals surface area contributed by atoms with E-state index in [1.54, 1.807) is 23.9 Å². The van der Waals surface area contributed by atoms with Crippen molar-refractivity contribution in [1.29, 1.82) is 0 Å². The first-order valence-corrected chi connectivity index (χ1v) is 12.2. The lowest BCUT2D eigenvalue weighted by atomic mass is 9.88. The summed E-state index contributed by atoms with van der Waals surface area (Å²) < 4.78 is 41.5. The number of benzene rings is 2. The molecule has 0 aliphatic carbocycles. The van der Waals surface area contributed by atoms with Crippen molar-refractivity contribution in [1.82, 2.24) is 10.6 Å². The quantitative estimate of drug-likeness (QED) is 0.417. The number of thioether (sulfide) groups is 1. The average Bonchev–Trinajstić information content (AvgIpc) is 2.75. The number of halogens is 5. The van der Waals surface area contributed by atoms with Crippen LogP contribution in [0.1, 0.15) is 46.8 Å². The lowest BCUT2D eigenvalue weighted by molar-refractivity contribution is -0.138. The second-order valence-corrected chi connectivity index (χ2v) is 9.90. The van der Waals surface area contributed by atoms with E-state index in [0.29, 0.717) is 5.02 Å². The molecule has 0 unspecified atom stereocenters. The molecular weight excluding hydrogens is 480 g/mol. The van der Waals surface area contributed by atoms with Gasteiger partial charge in [0.05, 0.1) is 5.56 Å². The first-order chi connectivity index (χ1) is 15.2. The molecule has 1 aliphatic heterocycles. The average molecular weight is 505 g/mol. The van der Waals surface area contributed by atoms with E-state index in [2.05, 4.69) is 10.6 Å². The van der Waals surface area contributed by atoms with Gasteiger partial charge < -0.3 is 10.6 Å². The van der Waals surface area contributed by atoms with Crippen LogP contribution in [-0.4, -0.2) is 24.7 Å². The van der Waals surface area contributed by atoms with Gasteiger partial charge in [0.25, 0.3) is 5.91 Å². The number of alkyl halides is 3. The maximum atomic E-state index is 13.8. The lowest BCUT2D eigenvalue weighted by Gasteiger charge is -2.25. The summed E-state index contributed by atoms with van der Waals surface area (Å²) in [4.78, 5) is 13.7. The molecule has 0 bridgehead atoms. The fourth-order valence-corrected chi connectivity index (χ4v) is 5.15. The van der Waals surface area contributed by atoms with Gasteiger partial charge in [0, 0.05) is 27.0 Å². The van der Waals surface area contributed by atoms with Gasteiger partial charge in [-0.15, -0.1) is 11.8 Å². The number of carbonyl (C=O) groups is 1. The molecule has 3 rings (SSSR count). The summed E-state index contributed by atoms with van der Waals surface area (Å²) in [5.41, 5.74) is -0.0664. The van der Waals surface area contributed by atoms with Gasteiger partial charge in [0.15, 0.2) is 0 Å². The molecule has 2 N–H and O–H groups in total. The molecule has 1 saturated heterocycles. The smallest absolute Gasteiger partial charge is 0.348 e. The Balaban J connectivity index is 1.82. The molecule has 32 heavy (non-hydrogen) atoms. The summed E-state index contributed by atoms with van der Waals surface area (Å²) in [7, 11) is 0. The second-order valence-electron chi connectivity index (χ2n) is 7.75. The molecule has 1 aliphatic rings. The number of rotatable bonds is 7. The number of nitrogens with one attached hydrogen (secondary N) is 2. The lowest BCUT2D eigenvalue weighted by Crippen LogP contribution is -2.29. The van der Waals surface area contributed by atoms with Crippen LogP contribution in [-0.2, 0) is 19.1 Å². The van der Waals surface area contributed by atoms with Gasteiger partial charge in [-0.25, -0.2) is 0 Å². The zero-order valence-corrected chi connectivity index (χ0v) is 19.9. The van der Waals surface area contributed by atoms with Crippen molar-refractivity contribution >= 4 is 40.9 Å². The molecule has 1 amide bonds. The molecule has 0 aromatic heterocycles. The number of hydrogen-bond donors (Lipinski definition) is 2. The molecular formula is C23H25Cl2F3N2OS. The molecule has 1 fully saturated rings. The molecule has 0 radical (unpaired) electrons. The van der Waals surface area contributed by atoms with Crippen LogP contribution in [0.15, 0.2) is 35.2 Å². The van der Waals surface area contributed by atoms with Crippen LogP contribution in [0.3, 0.4) is 0 Å². The van der Waals surface area contributed by atoms with Crippen LogP contribution in [0.2, 0.25) is 10.0 Å². The van der Waals surface area contributed by atoms with Gasteiger partial charge >= 0.3 is 6.18 Å². The van der Waals surface area contributed by atoms with Crippen molar-refractivity contribution in [2.75, 3.05) is 18.8 Å². The highest BCUT2D eigenvalue weighted by Crippen LogP contribution is 2.38. The number of carbonyl (C=O) groups excluding carboxylic acids is 1. The third kappa shape index (κ3) is 6.56. The maximum absolute atomic E-state index is 13.8. The first kappa shape index (κ1) is 25.2. The molecule has 0 saturated carbocycles. The number of amides is 1. The fraction of sp³-hybridized carbons (Fsp3) is 0.435. The van der Waals surface area contributed by atoms with E-state index in [9.17, 15) is 18.0 Å². The third-order valence-electron chi connectivity index (χ3n) is 5.48. The molecule has 2 aromatic rings. The van der Waals surface area contributed by atoms with E-state index in [1.165, 1.54) is 6.07 Å². The molecule has 9 heteroatoms. The summed E-state index contributed by atoms with van der Waals surface area (Å²) in [5, 5.41) is 6.42. The van der Waals surface area contributed by atoms with Gasteiger partial charge in [-0.1, -0.05) is 30.1 Å². The van der Waals surface area contributed by atoms with Crippen LogP contribution in [0.4, 0.5) is 13.2 Å². The van der Waals surface area contributed by atoms with Crippen molar-refractivity contribution in [3.63, 3.8) is 0 Å². The molecule has 174 valence electrons. The fourth-order valence-electron chi connectivity index (χ4n) is 3.86. The maximum Gasteiger partial charge on any atom is 0.416 e. The van der Waals surface area contributed by atoms with Crippen molar-refractivity contribution < 1.29 is 18.0 Å². The van der Waals surface area contributed by atoms with Crippen molar-refractivity contribution in [2.24, 2.45) is 5.92 Å². The Morgan fingerprint density at radius 3 is 2.56 bits per heavy atom. The summed E-state index contributed by atoms with van der Waals surface area (Å²) in [6.45, 7) is 3.73. The van der Waals surface area contributed by atoms with Gasteiger partial charge in [0.2, 0.25) is 0 Å². The second kappa shape index (κ2) is 11.1. The van der Waals surface area contributed by atoms with E-state index >= 15 is 0 Å². The monoisotopic (exact) mass is 504 g/mol. The SMILES string of the molecule is CCSc1ccc(Cl)cc1CNC(=O)c1cc(Cl)c(CC2CCNCC2)c(C(F)(F)F)c1. The van der Waals surface area contributed by atoms with E-state index < -0.39 is 17.6 Å². The van der Waals surface area contributed by atoms with E-state index in [1.807, 2.05) is 13.0 Å². The standard InChI is InChI=1S/C23H25Cl2F3N2OS/c1-2-32-21-4-3-17(24)10-16(21)13-30-22(31)15-11-19(23(26,27)28)18(20(25)12-15)9-14-5-7-29-8-6-14/h3-4,10-12,14,29H,2,5-9,13H2,1H3,(H,30,31).